The van der Waals surface area contributed by atoms with Crippen LogP contribution in [-0.4, -0.2) is 249 Å². The average molecular weight is 961 g/mol. The van der Waals surface area contributed by atoms with Gasteiger partial charge in [0.15, 0.2) is 0 Å². The van der Waals surface area contributed by atoms with Crippen molar-refractivity contribution < 1.29 is 104 Å². The maximum atomic E-state index is 10.4. The second-order valence-corrected chi connectivity index (χ2v) is 16.4. The first kappa shape index (κ1) is 62.2. The van der Waals surface area contributed by atoms with Gasteiger partial charge in [-0.15, -0.1) is 0 Å². The van der Waals surface area contributed by atoms with Gasteiger partial charge in [0.2, 0.25) is 0 Å². The van der Waals surface area contributed by atoms with Crippen molar-refractivity contribution in [2.45, 2.75) is 120 Å². The number of aliphatic hydroxyl groups is 11. The number of hydrogen-bond acceptors (Lipinski definition) is 21. The van der Waals surface area contributed by atoms with Gasteiger partial charge in [0.1, 0.15) is 73.4 Å². The lowest BCUT2D eigenvalue weighted by Gasteiger charge is -2.18. The third-order valence-corrected chi connectivity index (χ3v) is 9.37. The second-order valence-electron chi connectivity index (χ2n) is 16.4. The summed E-state index contributed by atoms with van der Waals surface area (Å²) < 4.78 is 53.2. The summed E-state index contributed by atoms with van der Waals surface area (Å²) in [6, 6.07) is 5.91. The molecular weight excluding hydrogens is 876 g/mol. The molecule has 390 valence electrons. The van der Waals surface area contributed by atoms with Crippen molar-refractivity contribution in [3.05, 3.63) is 29.3 Å². The molecule has 0 heterocycles. The Morgan fingerprint density at radius 3 is 0.939 bits per heavy atom. The molecule has 0 aromatic heterocycles. The van der Waals surface area contributed by atoms with Crippen LogP contribution < -0.4 is 4.74 Å². The zero-order chi connectivity index (χ0) is 48.8. The minimum absolute atomic E-state index is 0.0383. The molecule has 0 saturated heterocycles. The van der Waals surface area contributed by atoms with Crippen LogP contribution in [0.1, 0.15) is 56.6 Å². The number of hydrogen-bond donors (Lipinski definition) is 11. The van der Waals surface area contributed by atoms with Crippen LogP contribution in [0.2, 0.25) is 0 Å². The Morgan fingerprint density at radius 1 is 0.364 bits per heavy atom. The predicted octanol–water partition coefficient (Wildman–Crippen LogP) is -1.97. The van der Waals surface area contributed by atoms with Gasteiger partial charge >= 0.3 is 0 Å². The van der Waals surface area contributed by atoms with Gasteiger partial charge in [0.25, 0.3) is 0 Å². The molecule has 66 heavy (non-hydrogen) atoms. The van der Waals surface area contributed by atoms with E-state index in [1.54, 1.807) is 0 Å². The Hall–Kier alpha value is -1.78. The summed E-state index contributed by atoms with van der Waals surface area (Å²) in [5.74, 6) is 0.763. The van der Waals surface area contributed by atoms with Crippen LogP contribution in [0.15, 0.2) is 18.2 Å². The number of rotatable bonds is 47. The molecule has 0 aliphatic rings. The van der Waals surface area contributed by atoms with Gasteiger partial charge < -0.3 is 104 Å². The van der Waals surface area contributed by atoms with Crippen molar-refractivity contribution in [1.29, 1.82) is 0 Å². The Morgan fingerprint density at radius 2 is 0.636 bits per heavy atom. The van der Waals surface area contributed by atoms with Crippen molar-refractivity contribution in [2.75, 3.05) is 132 Å². The first-order valence-electron chi connectivity index (χ1n) is 23.1. The molecule has 1 rings (SSSR count). The molecule has 0 saturated carbocycles. The first-order chi connectivity index (χ1) is 31.7. The smallest absolute Gasteiger partial charge is 0.122 e. The van der Waals surface area contributed by atoms with E-state index in [0.717, 1.165) is 29.7 Å². The summed E-state index contributed by atoms with van der Waals surface area (Å²) in [7, 11) is 0. The first-order valence-corrected chi connectivity index (χ1v) is 23.1. The maximum Gasteiger partial charge on any atom is 0.122 e. The molecule has 1 aromatic rings. The largest absolute Gasteiger partial charge is 0.491 e. The van der Waals surface area contributed by atoms with E-state index in [-0.39, 0.29) is 126 Å². The van der Waals surface area contributed by atoms with E-state index in [1.165, 1.54) is 32.1 Å². The topological polar surface area (TPSA) is 315 Å². The maximum absolute atomic E-state index is 10.4. The Labute approximate surface area is 390 Å². The molecule has 0 aliphatic carbocycles. The zero-order valence-corrected chi connectivity index (χ0v) is 39.1. The van der Waals surface area contributed by atoms with Crippen LogP contribution in [0.4, 0.5) is 0 Å². The van der Waals surface area contributed by atoms with Crippen molar-refractivity contribution in [3.63, 3.8) is 0 Å². The minimum atomic E-state index is -1.06. The Bertz CT molecular complexity index is 1240. The van der Waals surface area contributed by atoms with Gasteiger partial charge in [-0.2, -0.15) is 0 Å². The molecule has 21 heteroatoms. The summed E-state index contributed by atoms with van der Waals surface area (Å²) >= 11 is 0. The number of benzene rings is 1. The van der Waals surface area contributed by atoms with Gasteiger partial charge in [0.05, 0.1) is 126 Å². The molecule has 10 atom stereocenters. The van der Waals surface area contributed by atoms with Gasteiger partial charge in [-0.05, 0) is 37.0 Å². The van der Waals surface area contributed by atoms with Crippen LogP contribution in [0.5, 0.6) is 5.75 Å². The summed E-state index contributed by atoms with van der Waals surface area (Å²) in [6.45, 7) is 1.27. The van der Waals surface area contributed by atoms with E-state index in [0.29, 0.717) is 0 Å². The highest BCUT2D eigenvalue weighted by molar-refractivity contribution is 5.39. The van der Waals surface area contributed by atoms with E-state index in [9.17, 15) is 51.1 Å². The van der Waals surface area contributed by atoms with E-state index >= 15 is 0 Å². The normalized spacial score (nSPS) is 16.6. The number of unbranched alkanes of at least 4 members (excludes halogenated alkanes) is 5. The quantitative estimate of drug-likeness (QED) is 0.0316. The molecule has 1 aromatic carbocycles. The molecule has 0 fully saturated rings. The van der Waals surface area contributed by atoms with E-state index in [2.05, 4.69) is 19.9 Å². The molecule has 10 unspecified atom stereocenters. The van der Waals surface area contributed by atoms with Crippen LogP contribution in [0.25, 0.3) is 0 Å². The minimum Gasteiger partial charge on any atom is -0.491 e. The van der Waals surface area contributed by atoms with Crippen molar-refractivity contribution in [2.24, 2.45) is 0 Å². The molecule has 0 bridgehead atoms. The van der Waals surface area contributed by atoms with Crippen molar-refractivity contribution >= 4 is 0 Å². The average Bonchev–Trinajstić information content (AvgIpc) is 3.27. The Kier molecular flexibility index (Phi) is 38.7. The van der Waals surface area contributed by atoms with Gasteiger partial charge in [0, 0.05) is 0 Å². The fourth-order valence-electron chi connectivity index (χ4n) is 5.95. The lowest BCUT2D eigenvalue weighted by Crippen LogP contribution is -2.32. The summed E-state index contributed by atoms with van der Waals surface area (Å²) in [4.78, 5) is 0. The summed E-state index contributed by atoms with van der Waals surface area (Å²) in [5.41, 5.74) is 2.32. The van der Waals surface area contributed by atoms with Crippen LogP contribution in [0, 0.1) is 6.92 Å². The number of aliphatic hydroxyl groups excluding tert-OH is 11. The van der Waals surface area contributed by atoms with Crippen molar-refractivity contribution in [1.82, 2.24) is 0 Å². The molecule has 11 N–H and O–H groups in total. The van der Waals surface area contributed by atoms with E-state index < -0.39 is 67.6 Å². The fourth-order valence-corrected chi connectivity index (χ4v) is 5.95. The number of ether oxygens (including phenoxy) is 10. The zero-order valence-electron chi connectivity index (χ0n) is 39.1. The molecular formula is C45H84O21. The van der Waals surface area contributed by atoms with Gasteiger partial charge in [-0.25, -0.2) is 0 Å². The fraction of sp³-hybridized carbons (Fsp3) is 0.867. The van der Waals surface area contributed by atoms with E-state index in [4.69, 9.17) is 52.5 Å². The second kappa shape index (κ2) is 41.0. The standard InChI is InChI=1S/C45H84O21/c1-3-4-5-6-7-8-11-44-33(2)10-9-12-45(44)66-32-43(56)31-65-30-42(55)29-64-28-41(54)27-63-26-40(53)25-62-24-39(52)23-61-22-38(51)21-60-20-37(50)19-59-18-36(49)17-58-16-35(48)15-57-14-34(47)13-46/h9-10,12,34-43,46-56H,3-8,11,13-32H2,1-2H3. The highest BCUT2D eigenvalue weighted by Gasteiger charge is 2.16. The third-order valence-electron chi connectivity index (χ3n) is 9.37. The SMILES string of the molecule is CCCCCCCCc1c(C)cccc1OCC(O)COCC(O)COCC(O)COCC(O)COCC(O)COCC(O)COCC(O)COCC(O)COCC(O)COCC(O)CO. The van der Waals surface area contributed by atoms with Gasteiger partial charge in [-0.1, -0.05) is 51.2 Å². The molecule has 0 aliphatic heterocycles. The molecule has 21 nitrogen and oxygen atoms in total. The van der Waals surface area contributed by atoms with Crippen LogP contribution in [0.3, 0.4) is 0 Å². The highest BCUT2D eigenvalue weighted by Crippen LogP contribution is 2.25. The number of aryl methyl sites for hydroxylation is 1. The van der Waals surface area contributed by atoms with Crippen LogP contribution >= 0.6 is 0 Å². The van der Waals surface area contributed by atoms with E-state index in [1.807, 2.05) is 12.1 Å². The lowest BCUT2D eigenvalue weighted by molar-refractivity contribution is -0.0896. The third kappa shape index (κ3) is 35.4. The van der Waals surface area contributed by atoms with Crippen LogP contribution in [-0.2, 0) is 49.1 Å². The molecule has 0 amide bonds. The molecule has 0 spiro atoms. The molecule has 0 radical (unpaired) electrons. The Balaban J connectivity index is 2.02. The highest BCUT2D eigenvalue weighted by atomic mass is 16.6. The summed E-state index contributed by atoms with van der Waals surface area (Å²) in [6.07, 6.45) is -2.03. The lowest BCUT2D eigenvalue weighted by atomic mass is 10.00. The van der Waals surface area contributed by atoms with Gasteiger partial charge in [-0.3, -0.25) is 0 Å². The summed E-state index contributed by atoms with van der Waals surface area (Å²) in [5, 5.41) is 108. The predicted molar refractivity (Wildman–Crippen MR) is 238 cm³/mol. The van der Waals surface area contributed by atoms with Crippen molar-refractivity contribution in [3.8, 4) is 5.75 Å². The monoisotopic (exact) mass is 961 g/mol.